The molecule has 2 aliphatic rings. The van der Waals surface area contributed by atoms with E-state index in [1.807, 2.05) is 42.2 Å². The molecule has 0 atom stereocenters. The number of oxazole rings is 1. The van der Waals surface area contributed by atoms with Crippen LogP contribution in [0.25, 0.3) is 0 Å². The molecule has 0 N–H and O–H groups in total. The molecular formula is C26H34N4O5. The highest BCUT2D eigenvalue weighted by Gasteiger charge is 2.30. The topological polar surface area (TPSA) is 96.2 Å². The Labute approximate surface area is 206 Å². The molecule has 0 radical (unpaired) electrons. The predicted molar refractivity (Wildman–Crippen MR) is 130 cm³/mol. The number of likely N-dealkylation sites (tertiary alicyclic amines) is 1. The zero-order valence-corrected chi connectivity index (χ0v) is 20.6. The molecule has 3 amide bonds. The molecular weight excluding hydrogens is 448 g/mol. The summed E-state index contributed by atoms with van der Waals surface area (Å²) in [6.07, 6.45) is 1.82. The third-order valence-electron chi connectivity index (χ3n) is 6.75. The van der Waals surface area contributed by atoms with Crippen LogP contribution in [0.1, 0.15) is 60.7 Å². The molecule has 1 aromatic carbocycles. The van der Waals surface area contributed by atoms with Gasteiger partial charge in [0.1, 0.15) is 5.76 Å². The average molecular weight is 483 g/mol. The number of rotatable bonds is 7. The highest BCUT2D eigenvalue weighted by molar-refractivity contribution is 5.95. The van der Waals surface area contributed by atoms with E-state index in [-0.39, 0.29) is 36.5 Å². The molecule has 2 aromatic rings. The maximum atomic E-state index is 12.8. The molecule has 2 fully saturated rings. The predicted octanol–water partition coefficient (Wildman–Crippen LogP) is 2.99. The number of hydrogen-bond donors (Lipinski definition) is 0. The molecule has 9 nitrogen and oxygen atoms in total. The SMILES string of the molecule is CCN(C(=O)CCC(=O)N1CCC(c2nc(C(=O)N3CCOCC3)c(C)o2)CC1)c1ccccc1. The van der Waals surface area contributed by atoms with Gasteiger partial charge in [-0.2, -0.15) is 0 Å². The van der Waals surface area contributed by atoms with Crippen molar-refractivity contribution in [2.45, 2.75) is 45.4 Å². The third kappa shape index (κ3) is 5.90. The lowest BCUT2D eigenvalue weighted by Gasteiger charge is -2.31. The smallest absolute Gasteiger partial charge is 0.276 e. The number of hydrogen-bond acceptors (Lipinski definition) is 6. The average Bonchev–Trinajstić information content (AvgIpc) is 3.30. The van der Waals surface area contributed by atoms with Crippen LogP contribution < -0.4 is 4.90 Å². The van der Waals surface area contributed by atoms with Crippen molar-refractivity contribution in [3.05, 3.63) is 47.7 Å². The second kappa shape index (κ2) is 11.5. The summed E-state index contributed by atoms with van der Waals surface area (Å²) < 4.78 is 11.2. The summed E-state index contributed by atoms with van der Waals surface area (Å²) in [5, 5.41) is 0. The fourth-order valence-electron chi connectivity index (χ4n) is 4.70. The maximum absolute atomic E-state index is 12.8. The number of carbonyl (C=O) groups is 3. The minimum atomic E-state index is -0.116. The van der Waals surface area contributed by atoms with E-state index < -0.39 is 0 Å². The highest BCUT2D eigenvalue weighted by atomic mass is 16.5. The second-order valence-corrected chi connectivity index (χ2v) is 8.99. The summed E-state index contributed by atoms with van der Waals surface area (Å²) in [7, 11) is 0. The van der Waals surface area contributed by atoms with Crippen LogP contribution in [0.3, 0.4) is 0 Å². The van der Waals surface area contributed by atoms with Crippen LogP contribution in [-0.2, 0) is 14.3 Å². The number of amides is 3. The number of anilines is 1. The Hall–Kier alpha value is -3.20. The van der Waals surface area contributed by atoms with Crippen molar-refractivity contribution in [2.75, 3.05) is 50.8 Å². The van der Waals surface area contributed by atoms with Gasteiger partial charge >= 0.3 is 0 Å². The number of piperidine rings is 1. The molecule has 0 unspecified atom stereocenters. The van der Waals surface area contributed by atoms with Crippen LogP contribution in [0.15, 0.2) is 34.7 Å². The maximum Gasteiger partial charge on any atom is 0.276 e. The van der Waals surface area contributed by atoms with Crippen LogP contribution in [0.2, 0.25) is 0 Å². The quantitative estimate of drug-likeness (QED) is 0.602. The molecule has 4 rings (SSSR count). The molecule has 0 bridgehead atoms. The van der Waals surface area contributed by atoms with E-state index >= 15 is 0 Å². The van der Waals surface area contributed by atoms with Crippen molar-refractivity contribution in [2.24, 2.45) is 0 Å². The van der Waals surface area contributed by atoms with Crippen LogP contribution in [-0.4, -0.2) is 78.4 Å². The molecule has 0 aliphatic carbocycles. The Morgan fingerprint density at radius 2 is 1.69 bits per heavy atom. The number of benzene rings is 1. The molecule has 9 heteroatoms. The van der Waals surface area contributed by atoms with E-state index in [0.29, 0.717) is 63.3 Å². The zero-order chi connectivity index (χ0) is 24.8. The van der Waals surface area contributed by atoms with Crippen LogP contribution in [0, 0.1) is 6.92 Å². The van der Waals surface area contributed by atoms with Crippen molar-refractivity contribution in [3.8, 4) is 0 Å². The zero-order valence-electron chi connectivity index (χ0n) is 20.6. The fourth-order valence-corrected chi connectivity index (χ4v) is 4.70. The number of para-hydroxylation sites is 1. The van der Waals surface area contributed by atoms with E-state index in [1.54, 1.807) is 16.7 Å². The Bertz CT molecular complexity index is 1020. The molecule has 2 saturated heterocycles. The van der Waals surface area contributed by atoms with Crippen LogP contribution in [0.4, 0.5) is 5.69 Å². The standard InChI is InChI=1S/C26H34N4O5/c1-3-30(21-7-5-4-6-8-21)23(32)10-9-22(31)28-13-11-20(12-14-28)25-27-24(19(2)35-25)26(33)29-15-17-34-18-16-29/h4-8,20H,3,9-18H2,1-2H3. The van der Waals surface area contributed by atoms with E-state index in [4.69, 9.17) is 9.15 Å². The fraction of sp³-hybridized carbons (Fsp3) is 0.538. The van der Waals surface area contributed by atoms with Crippen molar-refractivity contribution < 1.29 is 23.5 Å². The Morgan fingerprint density at radius 3 is 2.34 bits per heavy atom. The minimum absolute atomic E-state index is 0.00677. The summed E-state index contributed by atoms with van der Waals surface area (Å²) in [5.41, 5.74) is 1.22. The minimum Gasteiger partial charge on any atom is -0.445 e. The first-order valence-corrected chi connectivity index (χ1v) is 12.5. The van der Waals surface area contributed by atoms with E-state index in [9.17, 15) is 14.4 Å². The molecule has 2 aliphatic heterocycles. The Kier molecular flexibility index (Phi) is 8.17. The Morgan fingerprint density at radius 1 is 1.00 bits per heavy atom. The lowest BCUT2D eigenvalue weighted by Crippen LogP contribution is -2.41. The van der Waals surface area contributed by atoms with Gasteiger partial charge in [0.25, 0.3) is 5.91 Å². The molecule has 35 heavy (non-hydrogen) atoms. The molecule has 1 aromatic heterocycles. The third-order valence-corrected chi connectivity index (χ3v) is 6.75. The number of ether oxygens (including phenoxy) is 1. The summed E-state index contributed by atoms with van der Waals surface area (Å²) in [6.45, 7) is 7.64. The molecule has 188 valence electrons. The van der Waals surface area contributed by atoms with Gasteiger partial charge in [-0.15, -0.1) is 0 Å². The number of carbonyl (C=O) groups excluding carboxylic acids is 3. The number of morpholine rings is 1. The Balaban J connectivity index is 1.27. The van der Waals surface area contributed by atoms with E-state index in [1.165, 1.54) is 0 Å². The van der Waals surface area contributed by atoms with E-state index in [2.05, 4.69) is 4.98 Å². The second-order valence-electron chi connectivity index (χ2n) is 8.99. The number of aryl methyl sites for hydroxylation is 1. The molecule has 3 heterocycles. The van der Waals surface area contributed by atoms with Crippen molar-refractivity contribution >= 4 is 23.4 Å². The van der Waals surface area contributed by atoms with Crippen LogP contribution >= 0.6 is 0 Å². The van der Waals surface area contributed by atoms with Gasteiger partial charge in [-0.1, -0.05) is 18.2 Å². The lowest BCUT2D eigenvalue weighted by molar-refractivity contribution is -0.134. The van der Waals surface area contributed by atoms with E-state index in [0.717, 1.165) is 18.5 Å². The number of aromatic nitrogens is 1. The first-order valence-electron chi connectivity index (χ1n) is 12.5. The summed E-state index contributed by atoms with van der Waals surface area (Å²) in [6, 6.07) is 9.52. The first-order chi connectivity index (χ1) is 17.0. The monoisotopic (exact) mass is 482 g/mol. The highest BCUT2D eigenvalue weighted by Crippen LogP contribution is 2.29. The largest absolute Gasteiger partial charge is 0.445 e. The molecule has 0 spiro atoms. The van der Waals surface area contributed by atoms with Gasteiger partial charge < -0.3 is 23.9 Å². The molecule has 0 saturated carbocycles. The van der Waals surface area contributed by atoms with Crippen molar-refractivity contribution in [1.82, 2.24) is 14.8 Å². The van der Waals surface area contributed by atoms with Gasteiger partial charge in [0, 0.05) is 57.2 Å². The number of nitrogens with zero attached hydrogens (tertiary/aromatic N) is 4. The summed E-state index contributed by atoms with van der Waals surface area (Å²) in [4.78, 5) is 48.1. The van der Waals surface area contributed by atoms with Gasteiger partial charge in [-0.3, -0.25) is 14.4 Å². The van der Waals surface area contributed by atoms with Crippen molar-refractivity contribution in [1.29, 1.82) is 0 Å². The lowest BCUT2D eigenvalue weighted by atomic mass is 9.96. The van der Waals surface area contributed by atoms with Crippen molar-refractivity contribution in [3.63, 3.8) is 0 Å². The first kappa shape index (κ1) is 24.9. The normalized spacial score (nSPS) is 16.9. The van der Waals surface area contributed by atoms with Gasteiger partial charge in [0.15, 0.2) is 11.6 Å². The summed E-state index contributed by atoms with van der Waals surface area (Å²) >= 11 is 0. The van der Waals surface area contributed by atoms with Crippen LogP contribution in [0.5, 0.6) is 0 Å². The van der Waals surface area contributed by atoms with Gasteiger partial charge in [0.2, 0.25) is 11.8 Å². The summed E-state index contributed by atoms with van der Waals surface area (Å²) in [5.74, 6) is 1.01. The van der Waals surface area contributed by atoms with Gasteiger partial charge in [-0.25, -0.2) is 4.98 Å². The van der Waals surface area contributed by atoms with Gasteiger partial charge in [0.05, 0.1) is 13.2 Å². The van der Waals surface area contributed by atoms with Gasteiger partial charge in [-0.05, 0) is 38.8 Å².